The molecule has 0 aromatic rings. The van der Waals surface area contributed by atoms with Crippen molar-refractivity contribution in [3.05, 3.63) is 0 Å². The standard InChI is InChI=1S/C10H17ClN2O4/c1-10(2,3)16-9(15)12-6(5-14)7-4-8(11)13-17-7/h6-7,14H,4-5H2,1-3H3,(H,12,15)/t6-,7+/m1/s1. The first kappa shape index (κ1) is 14.1. The predicted molar refractivity (Wildman–Crippen MR) is 63.0 cm³/mol. The third-order valence-electron chi connectivity index (χ3n) is 2.00. The molecule has 1 amide bonds. The normalized spacial score (nSPS) is 21.5. The van der Waals surface area contributed by atoms with Crippen molar-refractivity contribution in [2.24, 2.45) is 5.16 Å². The van der Waals surface area contributed by atoms with E-state index in [9.17, 15) is 9.90 Å². The highest BCUT2D eigenvalue weighted by Crippen LogP contribution is 2.16. The Morgan fingerprint density at radius 3 is 2.82 bits per heavy atom. The second-order valence-corrected chi connectivity index (χ2v) is 5.19. The summed E-state index contributed by atoms with van der Waals surface area (Å²) in [6, 6.07) is -0.593. The Morgan fingerprint density at radius 2 is 2.41 bits per heavy atom. The number of nitrogens with zero attached hydrogens (tertiary/aromatic N) is 1. The fraction of sp³-hybridized carbons (Fsp3) is 0.800. The van der Waals surface area contributed by atoms with Gasteiger partial charge in [-0.1, -0.05) is 16.8 Å². The van der Waals surface area contributed by atoms with E-state index in [4.69, 9.17) is 21.2 Å². The molecule has 17 heavy (non-hydrogen) atoms. The van der Waals surface area contributed by atoms with Crippen LogP contribution in [-0.2, 0) is 9.57 Å². The predicted octanol–water partition coefficient (Wildman–Crippen LogP) is 1.21. The van der Waals surface area contributed by atoms with Gasteiger partial charge in [-0.2, -0.15) is 0 Å². The van der Waals surface area contributed by atoms with Gasteiger partial charge >= 0.3 is 6.09 Å². The average molecular weight is 265 g/mol. The fourth-order valence-corrected chi connectivity index (χ4v) is 1.49. The lowest BCUT2D eigenvalue weighted by Gasteiger charge is -2.24. The molecule has 2 N–H and O–H groups in total. The van der Waals surface area contributed by atoms with E-state index in [0.717, 1.165) is 0 Å². The monoisotopic (exact) mass is 264 g/mol. The van der Waals surface area contributed by atoms with Crippen LogP contribution in [0.1, 0.15) is 27.2 Å². The van der Waals surface area contributed by atoms with Gasteiger partial charge < -0.3 is 20.0 Å². The van der Waals surface area contributed by atoms with Crippen LogP contribution in [0.5, 0.6) is 0 Å². The molecule has 0 aliphatic carbocycles. The zero-order valence-corrected chi connectivity index (χ0v) is 10.8. The molecule has 1 rings (SSSR count). The quantitative estimate of drug-likeness (QED) is 0.803. The number of alkyl carbamates (subject to hydrolysis) is 1. The minimum atomic E-state index is -0.608. The van der Waals surface area contributed by atoms with Crippen LogP contribution in [0.3, 0.4) is 0 Å². The smallest absolute Gasteiger partial charge is 0.408 e. The number of nitrogens with one attached hydrogen (secondary N) is 1. The summed E-state index contributed by atoms with van der Waals surface area (Å²) < 4.78 is 5.07. The molecule has 0 aromatic carbocycles. The number of ether oxygens (including phenoxy) is 1. The Bertz CT molecular complexity index is 314. The molecular formula is C10H17ClN2O4. The molecule has 0 spiro atoms. The largest absolute Gasteiger partial charge is 0.444 e. The molecule has 0 radical (unpaired) electrons. The average Bonchev–Trinajstić information content (AvgIpc) is 2.58. The maximum atomic E-state index is 11.5. The summed E-state index contributed by atoms with van der Waals surface area (Å²) in [6.07, 6.45) is -0.703. The van der Waals surface area contributed by atoms with E-state index in [1.54, 1.807) is 20.8 Å². The van der Waals surface area contributed by atoms with E-state index >= 15 is 0 Å². The van der Waals surface area contributed by atoms with Crippen LogP contribution in [-0.4, -0.2) is 40.7 Å². The van der Waals surface area contributed by atoms with Crippen LogP contribution in [0.4, 0.5) is 4.79 Å². The van der Waals surface area contributed by atoms with Gasteiger partial charge in [-0.3, -0.25) is 0 Å². The number of aliphatic hydroxyl groups is 1. The molecule has 0 unspecified atom stereocenters. The highest BCUT2D eigenvalue weighted by atomic mass is 35.5. The number of carbonyl (C=O) groups excluding carboxylic acids is 1. The zero-order chi connectivity index (χ0) is 13.1. The second kappa shape index (κ2) is 5.55. The van der Waals surface area contributed by atoms with Crippen molar-refractivity contribution in [1.29, 1.82) is 0 Å². The van der Waals surface area contributed by atoms with Crippen molar-refractivity contribution in [2.75, 3.05) is 6.61 Å². The number of hydrogen-bond acceptors (Lipinski definition) is 5. The number of amides is 1. The van der Waals surface area contributed by atoms with Gasteiger partial charge in [0, 0.05) is 6.42 Å². The van der Waals surface area contributed by atoms with Gasteiger partial charge in [-0.05, 0) is 20.8 Å². The van der Waals surface area contributed by atoms with Crippen molar-refractivity contribution >= 4 is 22.9 Å². The number of carbonyl (C=O) groups is 1. The molecule has 7 heteroatoms. The van der Waals surface area contributed by atoms with Gasteiger partial charge in [0.2, 0.25) is 0 Å². The van der Waals surface area contributed by atoms with Crippen molar-refractivity contribution in [1.82, 2.24) is 5.32 Å². The van der Waals surface area contributed by atoms with Crippen LogP contribution in [0, 0.1) is 0 Å². The summed E-state index contributed by atoms with van der Waals surface area (Å²) in [6.45, 7) is 5.00. The molecule has 1 aliphatic heterocycles. The SMILES string of the molecule is CC(C)(C)OC(=O)N[C@H](CO)[C@@H]1CC(Cl)=NO1. The summed E-state index contributed by atoms with van der Waals surface area (Å²) in [5.74, 6) is 0. The fourth-order valence-electron chi connectivity index (χ4n) is 1.30. The summed E-state index contributed by atoms with van der Waals surface area (Å²) in [5.41, 5.74) is -0.589. The molecule has 0 fully saturated rings. The number of oxime groups is 1. The minimum Gasteiger partial charge on any atom is -0.444 e. The molecule has 1 aliphatic rings. The first-order valence-electron chi connectivity index (χ1n) is 5.30. The second-order valence-electron chi connectivity index (χ2n) is 4.75. The Kier molecular flexibility index (Phi) is 4.59. The summed E-state index contributed by atoms with van der Waals surface area (Å²) >= 11 is 5.65. The Balaban J connectivity index is 2.45. The van der Waals surface area contributed by atoms with Gasteiger partial charge in [-0.15, -0.1) is 0 Å². The third-order valence-corrected chi connectivity index (χ3v) is 2.23. The zero-order valence-electron chi connectivity index (χ0n) is 10.1. The maximum absolute atomic E-state index is 11.5. The first-order valence-corrected chi connectivity index (χ1v) is 5.68. The number of aliphatic hydroxyl groups excluding tert-OH is 1. The lowest BCUT2D eigenvalue weighted by molar-refractivity contribution is 0.0178. The molecule has 1 heterocycles. The van der Waals surface area contributed by atoms with Crippen LogP contribution in [0.25, 0.3) is 0 Å². The molecule has 98 valence electrons. The summed E-state index contributed by atoms with van der Waals surface area (Å²) in [4.78, 5) is 16.5. The van der Waals surface area contributed by atoms with Crippen molar-refractivity contribution in [3.8, 4) is 0 Å². The maximum Gasteiger partial charge on any atom is 0.408 e. The van der Waals surface area contributed by atoms with Crippen molar-refractivity contribution < 1.29 is 19.5 Å². The lowest BCUT2D eigenvalue weighted by atomic mass is 10.1. The van der Waals surface area contributed by atoms with Gasteiger partial charge in [0.1, 0.15) is 10.8 Å². The first-order chi connectivity index (χ1) is 7.81. The molecule has 0 bridgehead atoms. The van der Waals surface area contributed by atoms with Gasteiger partial charge in [-0.25, -0.2) is 4.79 Å². The van der Waals surface area contributed by atoms with E-state index < -0.39 is 23.8 Å². The van der Waals surface area contributed by atoms with Crippen LogP contribution < -0.4 is 5.32 Å². The van der Waals surface area contributed by atoms with Crippen molar-refractivity contribution in [2.45, 2.75) is 44.9 Å². The highest BCUT2D eigenvalue weighted by molar-refractivity contribution is 6.65. The topological polar surface area (TPSA) is 80.2 Å². The van der Waals surface area contributed by atoms with Crippen LogP contribution in [0.2, 0.25) is 0 Å². The number of hydrogen-bond donors (Lipinski definition) is 2. The molecule has 0 aromatic heterocycles. The molecule has 2 atom stereocenters. The van der Waals surface area contributed by atoms with Gasteiger partial charge in [0.25, 0.3) is 0 Å². The summed E-state index contributed by atoms with van der Waals surface area (Å²) in [5, 5.41) is 15.6. The van der Waals surface area contributed by atoms with E-state index in [1.165, 1.54) is 0 Å². The summed E-state index contributed by atoms with van der Waals surface area (Å²) in [7, 11) is 0. The highest BCUT2D eigenvalue weighted by Gasteiger charge is 2.31. The number of halogens is 1. The van der Waals surface area contributed by atoms with E-state index in [2.05, 4.69) is 10.5 Å². The molecule has 0 saturated carbocycles. The molecule has 6 nitrogen and oxygen atoms in total. The molecular weight excluding hydrogens is 248 g/mol. The van der Waals surface area contributed by atoms with Gasteiger partial charge in [0.05, 0.1) is 12.6 Å². The van der Waals surface area contributed by atoms with Crippen molar-refractivity contribution in [3.63, 3.8) is 0 Å². The van der Waals surface area contributed by atoms with E-state index in [1.807, 2.05) is 0 Å². The van der Waals surface area contributed by atoms with Crippen LogP contribution in [0.15, 0.2) is 5.16 Å². The van der Waals surface area contributed by atoms with E-state index in [0.29, 0.717) is 11.6 Å². The Labute approximate surface area is 105 Å². The lowest BCUT2D eigenvalue weighted by Crippen LogP contribution is -2.47. The Hall–Kier alpha value is -1.01. The number of rotatable bonds is 3. The minimum absolute atomic E-state index is 0.274. The molecule has 0 saturated heterocycles. The van der Waals surface area contributed by atoms with Crippen LogP contribution >= 0.6 is 11.6 Å². The van der Waals surface area contributed by atoms with Gasteiger partial charge in [0.15, 0.2) is 6.10 Å². The Morgan fingerprint density at radius 1 is 1.76 bits per heavy atom. The van der Waals surface area contributed by atoms with E-state index in [-0.39, 0.29) is 6.61 Å². The third kappa shape index (κ3) is 4.79.